The van der Waals surface area contributed by atoms with Crippen molar-refractivity contribution in [1.82, 2.24) is 9.58 Å². The second-order valence-corrected chi connectivity index (χ2v) is 10.3. The Kier molecular flexibility index (Phi) is 6.29. The first-order valence-corrected chi connectivity index (χ1v) is 13.6. The first kappa shape index (κ1) is 23.7. The van der Waals surface area contributed by atoms with E-state index in [1.165, 1.54) is 34.8 Å². The van der Waals surface area contributed by atoms with Gasteiger partial charge in [0.1, 0.15) is 6.17 Å². The predicted octanol–water partition coefficient (Wildman–Crippen LogP) is 4.45. The normalized spacial score (nSPS) is 22.6. The van der Waals surface area contributed by atoms with Crippen molar-refractivity contribution in [1.29, 1.82) is 0 Å². The van der Waals surface area contributed by atoms with Gasteiger partial charge < -0.3 is 14.4 Å². The second kappa shape index (κ2) is 10.1. The summed E-state index contributed by atoms with van der Waals surface area (Å²) in [5.41, 5.74) is 0.423. The van der Waals surface area contributed by atoms with Crippen LogP contribution in [-0.2, 0) is 10.5 Å². The zero-order valence-electron chi connectivity index (χ0n) is 21.8. The van der Waals surface area contributed by atoms with E-state index in [-0.39, 0.29) is 54.7 Å². The lowest BCUT2D eigenvalue weighted by Gasteiger charge is -2.51. The molecule has 38 heavy (non-hydrogen) atoms. The Morgan fingerprint density at radius 2 is 2.00 bits per heavy atom. The summed E-state index contributed by atoms with van der Waals surface area (Å²) < 4.78 is 53.1. The number of rotatable bonds is 5. The Bertz CT molecular complexity index is 1520. The van der Waals surface area contributed by atoms with E-state index in [0.717, 1.165) is 17.4 Å². The summed E-state index contributed by atoms with van der Waals surface area (Å²) in [6.45, 7) is 2.84. The van der Waals surface area contributed by atoms with Crippen molar-refractivity contribution in [3.8, 4) is 5.75 Å². The summed E-state index contributed by atoms with van der Waals surface area (Å²) in [6, 6.07) is 9.20. The van der Waals surface area contributed by atoms with E-state index in [0.29, 0.717) is 12.0 Å². The predicted molar refractivity (Wildman–Crippen MR) is 139 cm³/mol. The van der Waals surface area contributed by atoms with Gasteiger partial charge in [-0.2, -0.15) is 0 Å². The number of pyridine rings is 1. The fourth-order valence-corrected chi connectivity index (χ4v) is 6.27. The third-order valence-electron chi connectivity index (χ3n) is 7.05. The van der Waals surface area contributed by atoms with Crippen LogP contribution < -0.4 is 15.2 Å². The summed E-state index contributed by atoms with van der Waals surface area (Å²) in [5.74, 6) is -2.37. The van der Waals surface area contributed by atoms with Crippen LogP contribution in [0.2, 0.25) is 0 Å². The first-order valence-electron chi connectivity index (χ1n) is 13.1. The number of morpholine rings is 1. The monoisotopic (exact) mass is 540 g/mol. The maximum absolute atomic E-state index is 15.3. The summed E-state index contributed by atoms with van der Waals surface area (Å²) in [7, 11) is 0. The highest BCUT2D eigenvalue weighted by atomic mass is 32.2. The molecule has 0 bridgehead atoms. The number of nitrogens with zero attached hydrogens (tertiary/aromatic N) is 3. The van der Waals surface area contributed by atoms with Crippen molar-refractivity contribution in [2.24, 2.45) is 0 Å². The van der Waals surface area contributed by atoms with Crippen LogP contribution >= 0.6 is 11.8 Å². The van der Waals surface area contributed by atoms with Crippen LogP contribution in [0.15, 0.2) is 58.4 Å². The van der Waals surface area contributed by atoms with E-state index in [1.807, 2.05) is 19.1 Å². The minimum atomic E-state index is -1.83. The highest BCUT2D eigenvalue weighted by Gasteiger charge is 2.46. The van der Waals surface area contributed by atoms with Gasteiger partial charge in [0, 0.05) is 35.0 Å². The number of carbonyl (C=O) groups excluding carboxylic acids is 1. The van der Waals surface area contributed by atoms with Crippen LogP contribution in [0.25, 0.3) is 0 Å². The van der Waals surface area contributed by atoms with Gasteiger partial charge in [-0.05, 0) is 29.7 Å². The third kappa shape index (κ3) is 3.97. The number of unbranched alkanes of at least 4 members (excludes halogenated alkanes) is 1. The highest BCUT2D eigenvalue weighted by Crippen LogP contribution is 2.45. The Morgan fingerprint density at radius 1 is 1.16 bits per heavy atom. The Balaban J connectivity index is 1.67. The number of fused-ring (bicyclic) bond motifs is 4. The number of benzene rings is 2. The Hall–Kier alpha value is -3.37. The molecule has 1 aromatic heterocycles. The largest absolute Gasteiger partial charge is 0.487 e. The van der Waals surface area contributed by atoms with Gasteiger partial charge in [-0.1, -0.05) is 37.6 Å². The maximum Gasteiger partial charge on any atom is 0.278 e. The Labute approximate surface area is 224 Å². The molecule has 0 saturated carbocycles. The molecule has 4 heterocycles. The number of halogens is 2. The summed E-state index contributed by atoms with van der Waals surface area (Å²) in [6.07, 6.45) is 2.21. The molecule has 3 aliphatic rings. The Morgan fingerprint density at radius 3 is 2.84 bits per heavy atom. The van der Waals surface area contributed by atoms with Crippen LogP contribution in [0, 0.1) is 11.6 Å². The second-order valence-electron chi connectivity index (χ2n) is 9.32. The number of aromatic nitrogens is 1. The van der Waals surface area contributed by atoms with E-state index in [2.05, 4.69) is 0 Å². The van der Waals surface area contributed by atoms with Gasteiger partial charge in [0.2, 0.25) is 5.43 Å². The molecular weight excluding hydrogens is 512 g/mol. The highest BCUT2D eigenvalue weighted by molar-refractivity contribution is 7.98. The molecule has 0 spiro atoms. The molecule has 2 aromatic carbocycles. The van der Waals surface area contributed by atoms with Gasteiger partial charge in [0.05, 0.1) is 27.2 Å². The number of hydrogen-bond acceptors (Lipinski definition) is 6. The van der Waals surface area contributed by atoms with Crippen LogP contribution in [0.4, 0.5) is 8.78 Å². The molecule has 198 valence electrons. The lowest BCUT2D eigenvalue weighted by Crippen LogP contribution is -2.66. The maximum atomic E-state index is 15.3. The quantitative estimate of drug-likeness (QED) is 0.446. The van der Waals surface area contributed by atoms with Crippen LogP contribution in [0.1, 0.15) is 54.3 Å². The van der Waals surface area contributed by atoms with Crippen LogP contribution in [-0.4, -0.2) is 48.0 Å². The molecule has 6 rings (SSSR count). The van der Waals surface area contributed by atoms with Crippen molar-refractivity contribution in [2.45, 2.75) is 42.6 Å². The van der Waals surface area contributed by atoms with E-state index in [4.69, 9.17) is 9.47 Å². The molecule has 1 amide bonds. The minimum Gasteiger partial charge on any atom is -0.487 e. The number of carbonyl (C=O) groups is 1. The van der Waals surface area contributed by atoms with Gasteiger partial charge in [0.15, 0.2) is 23.1 Å². The molecule has 1 fully saturated rings. The van der Waals surface area contributed by atoms with Gasteiger partial charge >= 0.3 is 0 Å². The summed E-state index contributed by atoms with van der Waals surface area (Å²) >= 11 is 1.32. The molecule has 1 saturated heterocycles. The van der Waals surface area contributed by atoms with E-state index in [1.54, 1.807) is 22.0 Å². The van der Waals surface area contributed by atoms with Crippen LogP contribution in [0.3, 0.4) is 0 Å². The first-order chi connectivity index (χ1) is 18.9. The molecule has 0 N–H and O–H groups in total. The van der Waals surface area contributed by atoms with Crippen molar-refractivity contribution in [3.05, 3.63) is 92.9 Å². The zero-order valence-corrected chi connectivity index (χ0v) is 21.6. The average molecular weight is 541 g/mol. The van der Waals surface area contributed by atoms with Crippen molar-refractivity contribution in [2.75, 3.05) is 31.4 Å². The SMILES string of the molecule is [2H][C@]1(N2[C@@H]3COCCN3C(=O)c3c(OCCCC)c(=O)ccn32)c2ccccc2SCc2c1ccc(F)c2F. The molecule has 10 heteroatoms. The van der Waals surface area contributed by atoms with E-state index < -0.39 is 35.2 Å². The van der Waals surface area contributed by atoms with E-state index >= 15 is 4.39 Å². The fraction of sp³-hybridized carbons (Fsp3) is 0.357. The summed E-state index contributed by atoms with van der Waals surface area (Å²) in [5, 5.41) is 1.63. The van der Waals surface area contributed by atoms with Crippen molar-refractivity contribution >= 4 is 17.7 Å². The molecule has 0 unspecified atom stereocenters. The average Bonchev–Trinajstić information content (AvgIpc) is 3.07. The minimum absolute atomic E-state index is 0.00175. The molecule has 0 aliphatic carbocycles. The number of thioether (sulfide) groups is 1. The van der Waals surface area contributed by atoms with Gasteiger partial charge in [-0.3, -0.25) is 19.3 Å². The fourth-order valence-electron chi connectivity index (χ4n) is 5.19. The molecule has 7 nitrogen and oxygen atoms in total. The smallest absolute Gasteiger partial charge is 0.278 e. The van der Waals surface area contributed by atoms with Gasteiger partial charge in [-0.25, -0.2) is 8.78 Å². The lowest BCUT2D eigenvalue weighted by molar-refractivity contribution is -0.0198. The molecular formula is C28H27F2N3O4S. The summed E-state index contributed by atoms with van der Waals surface area (Å²) in [4.78, 5) is 29.2. The lowest BCUT2D eigenvalue weighted by atomic mass is 9.93. The number of ether oxygens (including phenoxy) is 2. The van der Waals surface area contributed by atoms with Crippen LogP contribution in [0.5, 0.6) is 5.75 Å². The topological polar surface area (TPSA) is 64.0 Å². The van der Waals surface area contributed by atoms with E-state index in [9.17, 15) is 15.4 Å². The molecule has 2 atom stereocenters. The number of hydrogen-bond donors (Lipinski definition) is 0. The van der Waals surface area contributed by atoms with Crippen molar-refractivity contribution in [3.63, 3.8) is 0 Å². The molecule has 0 radical (unpaired) electrons. The van der Waals surface area contributed by atoms with Crippen molar-refractivity contribution < 1.29 is 24.4 Å². The van der Waals surface area contributed by atoms with Gasteiger partial charge in [0.25, 0.3) is 5.91 Å². The zero-order chi connectivity index (χ0) is 27.3. The third-order valence-corrected chi connectivity index (χ3v) is 8.15. The standard InChI is InChI=1S/C28H27F2N3O4S/c1-2-3-13-37-27-21(34)10-11-32-26(27)28(35)31-12-14-36-15-23(31)33(32)25-17-8-9-20(29)24(30)19(17)16-38-22-7-5-4-6-18(22)25/h4-11,23,25H,2-3,12-16H2,1H3/t23-,25-/m1/s1/i25D. The molecule has 3 aliphatic heterocycles. The van der Waals surface area contributed by atoms with Gasteiger partial charge in [-0.15, -0.1) is 11.8 Å². The molecule has 3 aromatic rings. The number of amides is 1.